The lowest BCUT2D eigenvalue weighted by molar-refractivity contribution is 0.0600. The zero-order chi connectivity index (χ0) is 12.1. The quantitative estimate of drug-likeness (QED) is 0.561. The lowest BCUT2D eigenvalue weighted by atomic mass is 10.1. The van der Waals surface area contributed by atoms with E-state index in [1.807, 2.05) is 12.1 Å². The van der Waals surface area contributed by atoms with Crippen LogP contribution in [0.25, 0.3) is 0 Å². The van der Waals surface area contributed by atoms with Gasteiger partial charge < -0.3 is 9.47 Å². The van der Waals surface area contributed by atoms with Gasteiger partial charge in [0.15, 0.2) is 0 Å². The smallest absolute Gasteiger partial charge is 0.337 e. The molecule has 92 valence electrons. The molecule has 1 aromatic rings. The highest BCUT2D eigenvalue weighted by Gasteiger charge is 2.20. The maximum absolute atomic E-state index is 11.2. The summed E-state index contributed by atoms with van der Waals surface area (Å²) in [5.74, 6) is 0.614. The van der Waals surface area contributed by atoms with E-state index in [0.29, 0.717) is 12.2 Å². The van der Waals surface area contributed by atoms with E-state index in [1.54, 1.807) is 12.1 Å². The van der Waals surface area contributed by atoms with E-state index in [2.05, 4.69) is 4.74 Å². The lowest BCUT2D eigenvalue weighted by Crippen LogP contribution is -2.01. The van der Waals surface area contributed by atoms with E-state index in [4.69, 9.17) is 4.74 Å². The Labute approximate surface area is 102 Å². The van der Waals surface area contributed by atoms with Crippen molar-refractivity contribution in [2.24, 2.45) is 5.92 Å². The Bertz CT molecular complexity index is 366. The molecule has 0 N–H and O–H groups in total. The van der Waals surface area contributed by atoms with Gasteiger partial charge >= 0.3 is 5.97 Å². The van der Waals surface area contributed by atoms with E-state index in [1.165, 1.54) is 26.4 Å². The normalized spacial score (nSPS) is 14.6. The van der Waals surface area contributed by atoms with Crippen LogP contribution in [0.4, 0.5) is 0 Å². The third kappa shape index (κ3) is 3.86. The van der Waals surface area contributed by atoms with Crippen LogP contribution in [0.3, 0.4) is 0 Å². The fraction of sp³-hybridized carbons (Fsp3) is 0.500. The van der Waals surface area contributed by atoms with Gasteiger partial charge in [0.25, 0.3) is 0 Å². The van der Waals surface area contributed by atoms with Crippen molar-refractivity contribution < 1.29 is 14.3 Å². The molecule has 1 aromatic carbocycles. The van der Waals surface area contributed by atoms with Crippen LogP contribution in [-0.2, 0) is 16.1 Å². The topological polar surface area (TPSA) is 35.5 Å². The van der Waals surface area contributed by atoms with E-state index in [-0.39, 0.29) is 5.97 Å². The Hall–Kier alpha value is -1.35. The highest BCUT2D eigenvalue weighted by molar-refractivity contribution is 5.89. The van der Waals surface area contributed by atoms with Crippen LogP contribution >= 0.6 is 0 Å². The molecule has 1 saturated carbocycles. The van der Waals surface area contributed by atoms with E-state index < -0.39 is 0 Å². The van der Waals surface area contributed by atoms with Crippen molar-refractivity contribution in [3.05, 3.63) is 35.4 Å². The van der Waals surface area contributed by atoms with E-state index in [0.717, 1.165) is 18.1 Å². The Kier molecular flexibility index (Phi) is 4.15. The fourth-order valence-corrected chi connectivity index (χ4v) is 1.70. The summed E-state index contributed by atoms with van der Waals surface area (Å²) in [6, 6.07) is 7.35. The molecule has 0 atom stereocenters. The first-order chi connectivity index (χ1) is 8.29. The molecule has 1 aliphatic rings. The summed E-state index contributed by atoms with van der Waals surface area (Å²) < 4.78 is 10.2. The zero-order valence-corrected chi connectivity index (χ0v) is 10.1. The van der Waals surface area contributed by atoms with Crippen LogP contribution < -0.4 is 0 Å². The van der Waals surface area contributed by atoms with Crippen LogP contribution in [0.1, 0.15) is 35.2 Å². The SMILES string of the molecule is COC(=O)c1ccc(COCCC2CC2)cc1. The summed E-state index contributed by atoms with van der Waals surface area (Å²) in [7, 11) is 1.39. The molecule has 0 spiro atoms. The van der Waals surface area contributed by atoms with Crippen LogP contribution in [0.5, 0.6) is 0 Å². The number of hydrogen-bond acceptors (Lipinski definition) is 3. The van der Waals surface area contributed by atoms with Gasteiger partial charge in [-0.1, -0.05) is 25.0 Å². The van der Waals surface area contributed by atoms with Gasteiger partial charge in [0.2, 0.25) is 0 Å². The van der Waals surface area contributed by atoms with Crippen LogP contribution in [0.15, 0.2) is 24.3 Å². The van der Waals surface area contributed by atoms with Crippen molar-refractivity contribution in [2.75, 3.05) is 13.7 Å². The average molecular weight is 234 g/mol. The van der Waals surface area contributed by atoms with Crippen molar-refractivity contribution in [3.8, 4) is 0 Å². The van der Waals surface area contributed by atoms with E-state index in [9.17, 15) is 4.79 Å². The number of benzene rings is 1. The van der Waals surface area contributed by atoms with Crippen molar-refractivity contribution in [1.82, 2.24) is 0 Å². The molecule has 3 nitrogen and oxygen atoms in total. The van der Waals surface area contributed by atoms with Crippen molar-refractivity contribution >= 4 is 5.97 Å². The molecule has 3 heteroatoms. The second-order valence-electron chi connectivity index (χ2n) is 4.47. The summed E-state index contributed by atoms with van der Waals surface area (Å²) >= 11 is 0. The maximum atomic E-state index is 11.2. The Morgan fingerprint density at radius 2 is 2.00 bits per heavy atom. The van der Waals surface area contributed by atoms with Crippen molar-refractivity contribution in [3.63, 3.8) is 0 Å². The van der Waals surface area contributed by atoms with Crippen LogP contribution in [0.2, 0.25) is 0 Å². The zero-order valence-electron chi connectivity index (χ0n) is 10.1. The van der Waals surface area contributed by atoms with Gasteiger partial charge in [0.1, 0.15) is 0 Å². The Morgan fingerprint density at radius 3 is 2.59 bits per heavy atom. The summed E-state index contributed by atoms with van der Waals surface area (Å²) in [4.78, 5) is 11.2. The van der Waals surface area contributed by atoms with E-state index >= 15 is 0 Å². The molecule has 1 aliphatic carbocycles. The van der Waals surface area contributed by atoms with Gasteiger partial charge in [-0.25, -0.2) is 4.79 Å². The molecule has 0 aromatic heterocycles. The van der Waals surface area contributed by atoms with Gasteiger partial charge in [0.05, 0.1) is 19.3 Å². The first-order valence-electron chi connectivity index (χ1n) is 6.04. The Balaban J connectivity index is 1.74. The number of carbonyl (C=O) groups excluding carboxylic acids is 1. The molecule has 0 radical (unpaired) electrons. The first kappa shape index (κ1) is 12.1. The van der Waals surface area contributed by atoms with Crippen molar-refractivity contribution in [2.45, 2.75) is 25.9 Å². The predicted molar refractivity (Wildman–Crippen MR) is 64.8 cm³/mol. The third-order valence-corrected chi connectivity index (χ3v) is 3.01. The number of rotatable bonds is 6. The maximum Gasteiger partial charge on any atom is 0.337 e. The summed E-state index contributed by atoms with van der Waals surface area (Å²) in [6.07, 6.45) is 3.93. The second-order valence-corrected chi connectivity index (χ2v) is 4.47. The molecule has 1 fully saturated rings. The molecule has 0 amide bonds. The van der Waals surface area contributed by atoms with Gasteiger partial charge in [-0.05, 0) is 30.0 Å². The third-order valence-electron chi connectivity index (χ3n) is 3.01. The van der Waals surface area contributed by atoms with Gasteiger partial charge in [0, 0.05) is 6.61 Å². The molecular weight excluding hydrogens is 216 g/mol. The molecule has 2 rings (SSSR count). The lowest BCUT2D eigenvalue weighted by Gasteiger charge is -2.04. The largest absolute Gasteiger partial charge is 0.465 e. The number of carbonyl (C=O) groups is 1. The Morgan fingerprint density at radius 1 is 1.29 bits per heavy atom. The molecule has 0 aliphatic heterocycles. The van der Waals surface area contributed by atoms with Gasteiger partial charge in [-0.3, -0.25) is 0 Å². The molecule has 0 heterocycles. The monoisotopic (exact) mass is 234 g/mol. The molecule has 0 saturated heterocycles. The van der Waals surface area contributed by atoms with Crippen LogP contribution in [0, 0.1) is 5.92 Å². The minimum atomic E-state index is -0.300. The minimum Gasteiger partial charge on any atom is -0.465 e. The second kappa shape index (κ2) is 5.82. The minimum absolute atomic E-state index is 0.300. The summed E-state index contributed by atoms with van der Waals surface area (Å²) in [5, 5.41) is 0. The predicted octanol–water partition coefficient (Wildman–Crippen LogP) is 2.79. The average Bonchev–Trinajstić information content (AvgIpc) is 3.18. The number of methoxy groups -OCH3 is 1. The molecular formula is C14H18O3. The highest BCUT2D eigenvalue weighted by atomic mass is 16.5. The number of esters is 1. The molecule has 17 heavy (non-hydrogen) atoms. The standard InChI is InChI=1S/C14H18O3/c1-16-14(15)13-6-4-12(5-7-13)10-17-9-8-11-2-3-11/h4-7,11H,2-3,8-10H2,1H3. The fourth-order valence-electron chi connectivity index (χ4n) is 1.70. The van der Waals surface area contributed by atoms with Crippen LogP contribution in [-0.4, -0.2) is 19.7 Å². The van der Waals surface area contributed by atoms with Gasteiger partial charge in [-0.15, -0.1) is 0 Å². The first-order valence-corrected chi connectivity index (χ1v) is 6.04. The number of hydrogen-bond donors (Lipinski definition) is 0. The summed E-state index contributed by atoms with van der Waals surface area (Å²) in [6.45, 7) is 1.46. The molecule has 0 unspecified atom stereocenters. The van der Waals surface area contributed by atoms with Gasteiger partial charge in [-0.2, -0.15) is 0 Å². The number of ether oxygens (including phenoxy) is 2. The van der Waals surface area contributed by atoms with Crippen molar-refractivity contribution in [1.29, 1.82) is 0 Å². The highest BCUT2D eigenvalue weighted by Crippen LogP contribution is 2.32. The summed E-state index contributed by atoms with van der Waals surface area (Å²) in [5.41, 5.74) is 1.67. The molecule has 0 bridgehead atoms.